The number of piperidine rings is 1. The third-order valence-electron chi connectivity index (χ3n) is 5.36. The normalized spacial score (nSPS) is 26.2. The van der Waals surface area contributed by atoms with Gasteiger partial charge in [0.1, 0.15) is 0 Å². The SMILES string of the molecule is CCNC(=NCC1(CC)CCC1)NCC1CCCN(C)C1. The number of aliphatic imine (C=N–C) groups is 1. The molecule has 0 radical (unpaired) electrons. The van der Waals surface area contributed by atoms with Gasteiger partial charge in [-0.1, -0.05) is 13.3 Å². The third-order valence-corrected chi connectivity index (χ3v) is 5.36. The lowest BCUT2D eigenvalue weighted by atomic mass is 9.67. The molecule has 4 nitrogen and oxygen atoms in total. The van der Waals surface area contributed by atoms with Gasteiger partial charge in [-0.05, 0) is 64.0 Å². The lowest BCUT2D eigenvalue weighted by Crippen LogP contribution is -2.44. The van der Waals surface area contributed by atoms with Gasteiger partial charge >= 0.3 is 0 Å². The van der Waals surface area contributed by atoms with E-state index in [1.54, 1.807) is 0 Å². The van der Waals surface area contributed by atoms with Crippen LogP contribution in [0, 0.1) is 11.3 Å². The second-order valence-corrected chi connectivity index (χ2v) is 7.05. The van der Waals surface area contributed by atoms with E-state index in [4.69, 9.17) is 4.99 Å². The van der Waals surface area contributed by atoms with Gasteiger partial charge in [-0.2, -0.15) is 0 Å². The van der Waals surface area contributed by atoms with Crippen LogP contribution in [0.3, 0.4) is 0 Å². The molecule has 2 rings (SSSR count). The van der Waals surface area contributed by atoms with E-state index in [0.29, 0.717) is 5.41 Å². The molecule has 0 bridgehead atoms. The molecule has 1 aliphatic heterocycles. The van der Waals surface area contributed by atoms with Crippen LogP contribution in [0.25, 0.3) is 0 Å². The molecule has 2 fully saturated rings. The Bertz CT molecular complexity index is 330. The van der Waals surface area contributed by atoms with Gasteiger partial charge in [-0.15, -0.1) is 0 Å². The quantitative estimate of drug-likeness (QED) is 0.584. The first kappa shape index (κ1) is 16.6. The minimum Gasteiger partial charge on any atom is -0.357 e. The first-order valence-corrected chi connectivity index (χ1v) is 8.88. The van der Waals surface area contributed by atoms with Crippen molar-refractivity contribution in [2.24, 2.45) is 16.3 Å². The second-order valence-electron chi connectivity index (χ2n) is 7.05. The molecule has 2 aliphatic rings. The minimum atomic E-state index is 0.507. The highest BCUT2D eigenvalue weighted by Crippen LogP contribution is 2.43. The van der Waals surface area contributed by atoms with Gasteiger partial charge < -0.3 is 15.5 Å². The van der Waals surface area contributed by atoms with Gasteiger partial charge in [0.25, 0.3) is 0 Å². The van der Waals surface area contributed by atoms with Crippen LogP contribution in [0.1, 0.15) is 52.4 Å². The van der Waals surface area contributed by atoms with Gasteiger partial charge in [0.15, 0.2) is 5.96 Å². The van der Waals surface area contributed by atoms with Crippen LogP contribution in [-0.2, 0) is 0 Å². The summed E-state index contributed by atoms with van der Waals surface area (Å²) in [6.07, 6.45) is 8.05. The Morgan fingerprint density at radius 1 is 1.24 bits per heavy atom. The van der Waals surface area contributed by atoms with Crippen LogP contribution in [-0.4, -0.2) is 50.6 Å². The summed E-state index contributed by atoms with van der Waals surface area (Å²) in [5.74, 6) is 1.78. The second kappa shape index (κ2) is 8.02. The smallest absolute Gasteiger partial charge is 0.191 e. The van der Waals surface area contributed by atoms with Crippen molar-refractivity contribution >= 4 is 5.96 Å². The number of rotatable bonds is 6. The lowest BCUT2D eigenvalue weighted by Gasteiger charge is -2.40. The number of guanidine groups is 1. The molecule has 1 atom stereocenters. The first-order chi connectivity index (χ1) is 10.2. The Kier molecular flexibility index (Phi) is 6.34. The molecule has 1 aliphatic carbocycles. The first-order valence-electron chi connectivity index (χ1n) is 8.88. The van der Waals surface area contributed by atoms with Gasteiger partial charge in [0.2, 0.25) is 0 Å². The molecule has 0 aromatic heterocycles. The van der Waals surface area contributed by atoms with Crippen molar-refractivity contribution in [1.29, 1.82) is 0 Å². The van der Waals surface area contributed by atoms with E-state index in [1.807, 2.05) is 0 Å². The molecule has 122 valence electrons. The van der Waals surface area contributed by atoms with Crippen LogP contribution in [0.2, 0.25) is 0 Å². The van der Waals surface area contributed by atoms with Gasteiger partial charge in [-0.25, -0.2) is 0 Å². The van der Waals surface area contributed by atoms with Crippen LogP contribution in [0.4, 0.5) is 0 Å². The molecule has 1 saturated carbocycles. The van der Waals surface area contributed by atoms with E-state index >= 15 is 0 Å². The van der Waals surface area contributed by atoms with Crippen LogP contribution >= 0.6 is 0 Å². The van der Waals surface area contributed by atoms with E-state index in [0.717, 1.165) is 31.5 Å². The Morgan fingerprint density at radius 3 is 2.62 bits per heavy atom. The molecule has 4 heteroatoms. The maximum Gasteiger partial charge on any atom is 0.191 e. The van der Waals surface area contributed by atoms with Crippen molar-refractivity contribution in [3.05, 3.63) is 0 Å². The fourth-order valence-electron chi connectivity index (χ4n) is 3.57. The zero-order valence-electron chi connectivity index (χ0n) is 14.2. The number of hydrogen-bond donors (Lipinski definition) is 2. The largest absolute Gasteiger partial charge is 0.357 e. The molecule has 0 aromatic carbocycles. The summed E-state index contributed by atoms with van der Waals surface area (Å²) in [6, 6.07) is 0. The molecular formula is C17H34N4. The fourth-order valence-corrected chi connectivity index (χ4v) is 3.57. The van der Waals surface area contributed by atoms with E-state index in [2.05, 4.69) is 36.4 Å². The van der Waals surface area contributed by atoms with Crippen LogP contribution < -0.4 is 10.6 Å². The van der Waals surface area contributed by atoms with E-state index < -0.39 is 0 Å². The predicted octanol–water partition coefficient (Wildman–Crippen LogP) is 2.46. The predicted molar refractivity (Wildman–Crippen MR) is 90.8 cm³/mol. The summed E-state index contributed by atoms with van der Waals surface area (Å²) in [4.78, 5) is 7.31. The van der Waals surface area contributed by atoms with Crippen molar-refractivity contribution < 1.29 is 0 Å². The number of nitrogens with zero attached hydrogens (tertiary/aromatic N) is 2. The standard InChI is InChI=1S/C17H34N4/c1-4-17(9-7-10-17)14-20-16(18-5-2)19-12-15-8-6-11-21(3)13-15/h15H,4-14H2,1-3H3,(H2,18,19,20). The van der Waals surface area contributed by atoms with Gasteiger partial charge in [0, 0.05) is 26.2 Å². The number of likely N-dealkylation sites (tertiary alicyclic amines) is 1. The highest BCUT2D eigenvalue weighted by atomic mass is 15.2. The molecule has 0 amide bonds. The third kappa shape index (κ3) is 4.87. The summed E-state index contributed by atoms with van der Waals surface area (Å²) < 4.78 is 0. The van der Waals surface area contributed by atoms with E-state index in [-0.39, 0.29) is 0 Å². The van der Waals surface area contributed by atoms with Crippen molar-refractivity contribution in [2.75, 3.05) is 39.8 Å². The Labute approximate surface area is 130 Å². The lowest BCUT2D eigenvalue weighted by molar-refractivity contribution is 0.139. The minimum absolute atomic E-state index is 0.507. The van der Waals surface area contributed by atoms with Gasteiger partial charge in [0.05, 0.1) is 0 Å². The summed E-state index contributed by atoms with van der Waals surface area (Å²) in [5, 5.41) is 6.97. The molecule has 2 N–H and O–H groups in total. The van der Waals surface area contributed by atoms with Crippen molar-refractivity contribution in [3.8, 4) is 0 Å². The zero-order chi connectivity index (χ0) is 15.1. The maximum absolute atomic E-state index is 4.86. The highest BCUT2D eigenvalue weighted by Gasteiger charge is 2.34. The zero-order valence-corrected chi connectivity index (χ0v) is 14.2. The van der Waals surface area contributed by atoms with E-state index in [9.17, 15) is 0 Å². The monoisotopic (exact) mass is 294 g/mol. The van der Waals surface area contributed by atoms with Crippen LogP contribution in [0.15, 0.2) is 4.99 Å². The van der Waals surface area contributed by atoms with Gasteiger partial charge in [-0.3, -0.25) is 4.99 Å². The highest BCUT2D eigenvalue weighted by molar-refractivity contribution is 5.79. The van der Waals surface area contributed by atoms with Crippen molar-refractivity contribution in [2.45, 2.75) is 52.4 Å². The van der Waals surface area contributed by atoms with E-state index in [1.165, 1.54) is 51.6 Å². The Hall–Kier alpha value is -0.770. The summed E-state index contributed by atoms with van der Waals surface area (Å²) in [7, 11) is 2.23. The summed E-state index contributed by atoms with van der Waals surface area (Å²) >= 11 is 0. The molecule has 1 unspecified atom stereocenters. The van der Waals surface area contributed by atoms with Crippen molar-refractivity contribution in [1.82, 2.24) is 15.5 Å². The average Bonchev–Trinajstić information content (AvgIpc) is 2.44. The summed E-state index contributed by atoms with van der Waals surface area (Å²) in [5.41, 5.74) is 0.507. The molecule has 21 heavy (non-hydrogen) atoms. The summed E-state index contributed by atoms with van der Waals surface area (Å²) in [6.45, 7) is 9.90. The average molecular weight is 294 g/mol. The molecule has 0 spiro atoms. The number of nitrogens with one attached hydrogen (secondary N) is 2. The number of hydrogen-bond acceptors (Lipinski definition) is 2. The Morgan fingerprint density at radius 2 is 2.05 bits per heavy atom. The molecule has 1 heterocycles. The molecule has 1 saturated heterocycles. The molecule has 0 aromatic rings. The van der Waals surface area contributed by atoms with Crippen LogP contribution in [0.5, 0.6) is 0 Å². The topological polar surface area (TPSA) is 39.7 Å². The van der Waals surface area contributed by atoms with Crippen molar-refractivity contribution in [3.63, 3.8) is 0 Å². The molecular weight excluding hydrogens is 260 g/mol. The maximum atomic E-state index is 4.86. The Balaban J connectivity index is 1.80. The fraction of sp³-hybridized carbons (Fsp3) is 0.941.